The molecule has 0 N–H and O–H groups in total. The van der Waals surface area contributed by atoms with Gasteiger partial charge in [-0.05, 0) is 86.7 Å². The lowest BCUT2D eigenvalue weighted by atomic mass is 9.99. The fourth-order valence-corrected chi connectivity index (χ4v) is 5.44. The zero-order valence-electron chi connectivity index (χ0n) is 20.0. The molecule has 35 heavy (non-hydrogen) atoms. The molecular weight excluding hydrogens is 503 g/mol. The van der Waals surface area contributed by atoms with E-state index in [0.717, 1.165) is 12.0 Å². The van der Waals surface area contributed by atoms with E-state index >= 15 is 0 Å². The molecule has 2 aromatic carbocycles. The highest BCUT2D eigenvalue weighted by molar-refractivity contribution is 7.10. The summed E-state index contributed by atoms with van der Waals surface area (Å²) in [5.74, 6) is 0.351. The Morgan fingerprint density at radius 3 is 2.51 bits per heavy atom. The molecule has 1 atom stereocenters. The summed E-state index contributed by atoms with van der Waals surface area (Å²) in [5.41, 5.74) is 1.00. The minimum absolute atomic E-state index is 0.0360. The summed E-state index contributed by atoms with van der Waals surface area (Å²) >= 11 is 13.8. The predicted molar refractivity (Wildman–Crippen MR) is 142 cm³/mol. The molecule has 184 valence electrons. The van der Waals surface area contributed by atoms with Gasteiger partial charge in [0.1, 0.15) is 18.9 Å². The summed E-state index contributed by atoms with van der Waals surface area (Å²) in [7, 11) is 0. The molecule has 0 unspecified atom stereocenters. The maximum atomic E-state index is 13.7. The summed E-state index contributed by atoms with van der Waals surface area (Å²) in [4.78, 5) is 31.8. The number of nitrogens with zero attached hydrogens (tertiary/aromatic N) is 2. The van der Waals surface area contributed by atoms with Crippen molar-refractivity contribution in [1.29, 1.82) is 0 Å². The van der Waals surface area contributed by atoms with Gasteiger partial charge in [0.15, 0.2) is 0 Å². The lowest BCUT2D eigenvalue weighted by molar-refractivity contribution is -0.136. The molecule has 1 aliphatic rings. The average molecular weight is 532 g/mol. The molecule has 5 nitrogen and oxygen atoms in total. The molecule has 0 spiro atoms. The second-order valence-corrected chi connectivity index (χ2v) is 11.4. The fraction of sp³-hybridized carbons (Fsp3) is 0.333. The minimum atomic E-state index is -0.562. The van der Waals surface area contributed by atoms with Crippen molar-refractivity contribution in [3.63, 3.8) is 0 Å². The van der Waals surface area contributed by atoms with E-state index in [1.165, 1.54) is 4.88 Å². The summed E-state index contributed by atoms with van der Waals surface area (Å²) in [6.07, 6.45) is 0.786. The smallest absolute Gasteiger partial charge is 0.254 e. The van der Waals surface area contributed by atoms with Gasteiger partial charge in [0.25, 0.3) is 5.91 Å². The molecule has 2 heterocycles. The van der Waals surface area contributed by atoms with Gasteiger partial charge in [-0.15, -0.1) is 11.3 Å². The van der Waals surface area contributed by atoms with Crippen molar-refractivity contribution in [3.05, 3.63) is 86.0 Å². The third kappa shape index (κ3) is 6.00. The molecular formula is C27H28Cl2N2O3S. The van der Waals surface area contributed by atoms with Crippen LogP contribution in [0, 0.1) is 0 Å². The van der Waals surface area contributed by atoms with E-state index in [2.05, 4.69) is 11.4 Å². The van der Waals surface area contributed by atoms with Crippen LogP contribution in [-0.2, 0) is 11.2 Å². The van der Waals surface area contributed by atoms with Crippen LogP contribution in [0.3, 0.4) is 0 Å². The Hall–Kier alpha value is -2.54. The normalized spacial score (nSPS) is 15.5. The largest absolute Gasteiger partial charge is 0.491 e. The highest BCUT2D eigenvalue weighted by Gasteiger charge is 2.36. The van der Waals surface area contributed by atoms with Gasteiger partial charge in [-0.3, -0.25) is 9.59 Å². The van der Waals surface area contributed by atoms with Gasteiger partial charge in [-0.25, -0.2) is 0 Å². The van der Waals surface area contributed by atoms with Gasteiger partial charge in [0.2, 0.25) is 5.91 Å². The molecule has 0 saturated heterocycles. The van der Waals surface area contributed by atoms with Gasteiger partial charge in [0.05, 0.1) is 6.04 Å². The standard InChI is InChI=1S/C27H28Cl2N2O3S/c1-27(2,3)31(26(33)18-5-4-6-20(29)15-18)16-25(32)30-13-11-24-22(12-14-35-24)23(30)17-34-21-9-7-19(28)8-10-21/h4-10,12,14-15,23H,11,13,16-17H2,1-3H3/t23-/m1/s1. The molecule has 2 amide bonds. The van der Waals surface area contributed by atoms with E-state index in [1.807, 2.05) is 37.8 Å². The Balaban J connectivity index is 1.56. The van der Waals surface area contributed by atoms with E-state index in [4.69, 9.17) is 27.9 Å². The first-order valence-corrected chi connectivity index (χ1v) is 13.1. The Kier molecular flexibility index (Phi) is 7.74. The lowest BCUT2D eigenvalue weighted by Gasteiger charge is -2.40. The maximum Gasteiger partial charge on any atom is 0.254 e. The van der Waals surface area contributed by atoms with Crippen LogP contribution in [0.1, 0.15) is 47.6 Å². The highest BCUT2D eigenvalue weighted by Crippen LogP contribution is 2.34. The Bertz CT molecular complexity index is 1200. The number of hydrogen-bond acceptors (Lipinski definition) is 4. The number of benzene rings is 2. The number of rotatable bonds is 6. The number of hydrogen-bond donors (Lipinski definition) is 0. The number of amides is 2. The Morgan fingerprint density at radius 1 is 1.09 bits per heavy atom. The van der Waals surface area contributed by atoms with E-state index < -0.39 is 5.54 Å². The number of halogens is 2. The molecule has 0 saturated carbocycles. The van der Waals surface area contributed by atoms with E-state index in [9.17, 15) is 9.59 Å². The van der Waals surface area contributed by atoms with E-state index in [-0.39, 0.29) is 24.4 Å². The highest BCUT2D eigenvalue weighted by atomic mass is 35.5. The topological polar surface area (TPSA) is 49.9 Å². The maximum absolute atomic E-state index is 13.7. The van der Waals surface area contributed by atoms with Crippen molar-refractivity contribution in [2.75, 3.05) is 19.7 Å². The van der Waals surface area contributed by atoms with Crippen LogP contribution in [0.4, 0.5) is 0 Å². The second-order valence-electron chi connectivity index (χ2n) is 9.49. The van der Waals surface area contributed by atoms with Crippen LogP contribution in [0.5, 0.6) is 5.75 Å². The molecule has 8 heteroatoms. The fourth-order valence-electron chi connectivity index (χ4n) is 4.20. The Labute approximate surface area is 220 Å². The van der Waals surface area contributed by atoms with Crippen molar-refractivity contribution in [1.82, 2.24) is 9.80 Å². The molecule has 4 rings (SSSR count). The van der Waals surface area contributed by atoms with Crippen molar-refractivity contribution in [2.24, 2.45) is 0 Å². The zero-order valence-corrected chi connectivity index (χ0v) is 22.3. The van der Waals surface area contributed by atoms with Crippen molar-refractivity contribution < 1.29 is 14.3 Å². The lowest BCUT2D eigenvalue weighted by Crippen LogP contribution is -2.53. The van der Waals surface area contributed by atoms with Gasteiger partial charge in [0, 0.05) is 32.6 Å². The first kappa shape index (κ1) is 25.5. The second kappa shape index (κ2) is 10.6. The van der Waals surface area contributed by atoms with Gasteiger partial charge in [-0.1, -0.05) is 29.3 Å². The third-order valence-electron chi connectivity index (χ3n) is 6.06. The SMILES string of the molecule is CC(C)(C)N(CC(=O)N1CCc2sccc2[C@H]1COc1ccc(Cl)cc1)C(=O)c1cccc(Cl)c1. The molecule has 0 fully saturated rings. The summed E-state index contributed by atoms with van der Waals surface area (Å²) in [6.45, 7) is 6.63. The number of ether oxygens (including phenoxy) is 1. The number of carbonyl (C=O) groups is 2. The zero-order chi connectivity index (χ0) is 25.2. The Morgan fingerprint density at radius 2 is 1.83 bits per heavy atom. The van der Waals surface area contributed by atoms with Crippen LogP contribution < -0.4 is 4.74 Å². The number of thiophene rings is 1. The van der Waals surface area contributed by atoms with Crippen LogP contribution >= 0.6 is 34.5 Å². The molecule has 0 aliphatic carbocycles. The van der Waals surface area contributed by atoms with E-state index in [0.29, 0.717) is 34.5 Å². The summed E-state index contributed by atoms with van der Waals surface area (Å²) in [5, 5.41) is 3.17. The molecule has 1 aromatic heterocycles. The average Bonchev–Trinajstić information content (AvgIpc) is 3.30. The van der Waals surface area contributed by atoms with Crippen LogP contribution in [0.2, 0.25) is 10.0 Å². The van der Waals surface area contributed by atoms with Gasteiger partial charge in [-0.2, -0.15) is 0 Å². The van der Waals surface area contributed by atoms with Crippen LogP contribution in [0.15, 0.2) is 60.0 Å². The molecule has 0 radical (unpaired) electrons. The molecule has 0 bridgehead atoms. The number of fused-ring (bicyclic) bond motifs is 1. The minimum Gasteiger partial charge on any atom is -0.491 e. The molecule has 3 aromatic rings. The third-order valence-corrected chi connectivity index (χ3v) is 7.54. The van der Waals surface area contributed by atoms with Crippen molar-refractivity contribution >= 4 is 46.4 Å². The van der Waals surface area contributed by atoms with E-state index in [1.54, 1.807) is 52.6 Å². The number of carbonyl (C=O) groups excluding carboxylic acids is 2. The first-order chi connectivity index (χ1) is 16.6. The quantitative estimate of drug-likeness (QED) is 0.365. The van der Waals surface area contributed by atoms with Gasteiger partial charge >= 0.3 is 0 Å². The van der Waals surface area contributed by atoms with Crippen LogP contribution in [0.25, 0.3) is 0 Å². The monoisotopic (exact) mass is 530 g/mol. The first-order valence-electron chi connectivity index (χ1n) is 11.4. The van der Waals surface area contributed by atoms with Crippen LogP contribution in [-0.4, -0.2) is 46.8 Å². The van der Waals surface area contributed by atoms with Crippen molar-refractivity contribution in [3.8, 4) is 5.75 Å². The van der Waals surface area contributed by atoms with Crippen molar-refractivity contribution in [2.45, 2.75) is 38.8 Å². The summed E-state index contributed by atoms with van der Waals surface area (Å²) in [6, 6.07) is 15.8. The summed E-state index contributed by atoms with van der Waals surface area (Å²) < 4.78 is 6.07. The van der Waals surface area contributed by atoms with Gasteiger partial charge < -0.3 is 14.5 Å². The molecule has 1 aliphatic heterocycles. The predicted octanol–water partition coefficient (Wildman–Crippen LogP) is 6.50.